The van der Waals surface area contributed by atoms with Crippen LogP contribution in [-0.4, -0.2) is 5.75 Å². The van der Waals surface area contributed by atoms with Crippen molar-refractivity contribution in [1.82, 2.24) is 0 Å². The zero-order valence-electron chi connectivity index (χ0n) is 5.22. The molecule has 1 heterocycles. The van der Waals surface area contributed by atoms with E-state index in [0.717, 1.165) is 9.96 Å². The van der Waals surface area contributed by atoms with Crippen LogP contribution in [0.5, 0.6) is 0 Å². The normalized spacial score (nSPS) is 10.2. The molecule has 1 aromatic rings. The third kappa shape index (κ3) is 1.75. The summed E-state index contributed by atoms with van der Waals surface area (Å²) in [7, 11) is 2.67. The van der Waals surface area contributed by atoms with E-state index in [2.05, 4.69) is 0 Å². The highest BCUT2D eigenvalue weighted by Crippen LogP contribution is 2.31. The molecule has 1 rings (SSSR count). The predicted octanol–water partition coefficient (Wildman–Crippen LogP) is 2.94. The molecule has 56 valence electrons. The van der Waals surface area contributed by atoms with Crippen LogP contribution in [0.15, 0.2) is 9.00 Å². The summed E-state index contributed by atoms with van der Waals surface area (Å²) in [5.41, 5.74) is 0. The van der Waals surface area contributed by atoms with Gasteiger partial charge in [0.2, 0.25) is 0 Å². The maximum absolute atomic E-state index is 10.8. The smallest absolute Gasteiger partial charge is 0.262 e. The molecular weight excluding hydrogens is 208 g/mol. The maximum Gasteiger partial charge on any atom is 0.262 e. The minimum Gasteiger partial charge on any atom is -0.275 e. The van der Waals surface area contributed by atoms with Crippen LogP contribution in [0.2, 0.25) is 5.02 Å². The number of rotatable bonds is 2. The summed E-state index contributed by atoms with van der Waals surface area (Å²) in [5.74, 6) is 0.965. The van der Waals surface area contributed by atoms with E-state index in [1.807, 2.05) is 6.92 Å². The first kappa shape index (κ1) is 8.59. The van der Waals surface area contributed by atoms with Crippen molar-refractivity contribution in [3.05, 3.63) is 14.6 Å². The summed E-state index contributed by atoms with van der Waals surface area (Å²) in [4.78, 5) is 10.8. The van der Waals surface area contributed by atoms with Crippen LogP contribution in [0, 0.1) is 0 Å². The van der Waals surface area contributed by atoms with E-state index in [0.29, 0.717) is 5.02 Å². The number of halogens is 1. The molecule has 1 aromatic heterocycles. The fraction of sp³-hybridized carbons (Fsp3) is 0.400. The SMILES string of the molecule is CCSc1ssc(=O)c1Cl. The molecule has 0 aliphatic rings. The van der Waals surface area contributed by atoms with E-state index in [1.54, 1.807) is 11.8 Å². The van der Waals surface area contributed by atoms with Crippen molar-refractivity contribution in [3.8, 4) is 0 Å². The second kappa shape index (κ2) is 3.76. The van der Waals surface area contributed by atoms with Gasteiger partial charge in [-0.05, 0) is 16.1 Å². The van der Waals surface area contributed by atoms with Gasteiger partial charge < -0.3 is 0 Å². The number of thioether (sulfide) groups is 1. The molecule has 0 fully saturated rings. The highest BCUT2D eigenvalue weighted by Gasteiger charge is 2.06. The van der Waals surface area contributed by atoms with Crippen LogP contribution < -0.4 is 4.74 Å². The van der Waals surface area contributed by atoms with E-state index in [1.165, 1.54) is 20.7 Å². The Morgan fingerprint density at radius 3 is 2.70 bits per heavy atom. The van der Waals surface area contributed by atoms with Crippen molar-refractivity contribution < 1.29 is 0 Å². The zero-order chi connectivity index (χ0) is 7.56. The minimum atomic E-state index is -0.0115. The van der Waals surface area contributed by atoms with Crippen molar-refractivity contribution in [2.75, 3.05) is 5.75 Å². The van der Waals surface area contributed by atoms with E-state index >= 15 is 0 Å². The van der Waals surface area contributed by atoms with E-state index in [-0.39, 0.29) is 4.74 Å². The Bertz CT molecular complexity index is 264. The summed E-state index contributed by atoms with van der Waals surface area (Å²) in [5, 5.41) is 0.404. The Hall–Kier alpha value is 0.490. The second-order valence-electron chi connectivity index (χ2n) is 1.49. The van der Waals surface area contributed by atoms with Crippen LogP contribution in [0.4, 0.5) is 0 Å². The molecule has 0 saturated carbocycles. The fourth-order valence-electron chi connectivity index (χ4n) is 0.451. The largest absolute Gasteiger partial charge is 0.275 e. The Kier molecular flexibility index (Phi) is 3.23. The van der Waals surface area contributed by atoms with Gasteiger partial charge in [-0.25, -0.2) is 0 Å². The van der Waals surface area contributed by atoms with Gasteiger partial charge in [-0.3, -0.25) is 4.79 Å². The lowest BCUT2D eigenvalue weighted by Crippen LogP contribution is -1.86. The molecule has 0 aromatic carbocycles. The topological polar surface area (TPSA) is 17.1 Å². The van der Waals surface area contributed by atoms with Crippen LogP contribution in [0.3, 0.4) is 0 Å². The highest BCUT2D eigenvalue weighted by molar-refractivity contribution is 8.02. The molecule has 0 unspecified atom stereocenters. The Morgan fingerprint density at radius 2 is 2.30 bits per heavy atom. The predicted molar refractivity (Wildman–Crippen MR) is 49.9 cm³/mol. The zero-order valence-corrected chi connectivity index (χ0v) is 8.42. The Labute approximate surface area is 75.4 Å². The Balaban J connectivity index is 2.94. The molecule has 0 spiro atoms. The molecule has 0 bridgehead atoms. The van der Waals surface area contributed by atoms with Crippen LogP contribution in [0.1, 0.15) is 6.92 Å². The highest BCUT2D eigenvalue weighted by atomic mass is 35.5. The summed E-state index contributed by atoms with van der Waals surface area (Å²) in [6, 6.07) is 0. The first-order valence-electron chi connectivity index (χ1n) is 2.67. The number of hydrogen-bond donors (Lipinski definition) is 0. The molecule has 0 amide bonds. The van der Waals surface area contributed by atoms with E-state index < -0.39 is 0 Å². The molecular formula is C5H5ClOS3. The van der Waals surface area contributed by atoms with Gasteiger partial charge in [0.15, 0.2) is 0 Å². The first-order chi connectivity index (χ1) is 4.75. The molecule has 0 saturated heterocycles. The van der Waals surface area contributed by atoms with Gasteiger partial charge in [0.25, 0.3) is 4.74 Å². The molecule has 0 aliphatic heterocycles. The van der Waals surface area contributed by atoms with Crippen LogP contribution >= 0.6 is 44.0 Å². The average molecular weight is 213 g/mol. The van der Waals surface area contributed by atoms with Gasteiger partial charge in [-0.1, -0.05) is 28.9 Å². The number of hydrogen-bond acceptors (Lipinski definition) is 4. The quantitative estimate of drug-likeness (QED) is 0.554. The maximum atomic E-state index is 10.8. The standard InChI is InChI=1S/C5H5ClOS3/c1-2-8-5-3(6)4(7)9-10-5/h2H2,1H3. The fourth-order valence-corrected chi connectivity index (χ4v) is 4.46. The third-order valence-electron chi connectivity index (χ3n) is 0.827. The molecule has 0 atom stereocenters. The molecule has 10 heavy (non-hydrogen) atoms. The summed E-state index contributed by atoms with van der Waals surface area (Å²) < 4.78 is 0.946. The summed E-state index contributed by atoms with van der Waals surface area (Å²) in [6.07, 6.45) is 0. The van der Waals surface area contributed by atoms with Crippen molar-refractivity contribution in [2.45, 2.75) is 11.1 Å². The lowest BCUT2D eigenvalue weighted by atomic mass is 10.8. The van der Waals surface area contributed by atoms with Crippen molar-refractivity contribution in [2.24, 2.45) is 0 Å². The minimum absolute atomic E-state index is 0.0115. The van der Waals surface area contributed by atoms with E-state index in [9.17, 15) is 4.79 Å². The van der Waals surface area contributed by atoms with Gasteiger partial charge >= 0.3 is 0 Å². The van der Waals surface area contributed by atoms with Crippen molar-refractivity contribution >= 4 is 44.0 Å². The molecule has 0 N–H and O–H groups in total. The molecule has 0 radical (unpaired) electrons. The van der Waals surface area contributed by atoms with Gasteiger partial charge in [0.05, 0.1) is 4.21 Å². The second-order valence-corrected chi connectivity index (χ2v) is 5.51. The summed E-state index contributed by atoms with van der Waals surface area (Å²) in [6.45, 7) is 2.04. The van der Waals surface area contributed by atoms with E-state index in [4.69, 9.17) is 11.6 Å². The van der Waals surface area contributed by atoms with Gasteiger partial charge in [0, 0.05) is 0 Å². The van der Waals surface area contributed by atoms with Gasteiger partial charge in [-0.15, -0.1) is 11.8 Å². The summed E-state index contributed by atoms with van der Waals surface area (Å²) >= 11 is 7.29. The average Bonchev–Trinajstić information content (AvgIpc) is 2.20. The lowest BCUT2D eigenvalue weighted by molar-refractivity contribution is 1.51. The van der Waals surface area contributed by atoms with Crippen molar-refractivity contribution in [1.29, 1.82) is 0 Å². The van der Waals surface area contributed by atoms with Gasteiger partial charge in [-0.2, -0.15) is 0 Å². The van der Waals surface area contributed by atoms with Crippen LogP contribution in [-0.2, 0) is 0 Å². The third-order valence-corrected chi connectivity index (χ3v) is 5.20. The van der Waals surface area contributed by atoms with Crippen molar-refractivity contribution in [3.63, 3.8) is 0 Å². The lowest BCUT2D eigenvalue weighted by Gasteiger charge is -1.88. The molecule has 0 aliphatic carbocycles. The molecule has 5 heteroatoms. The molecule has 1 nitrogen and oxygen atoms in total. The van der Waals surface area contributed by atoms with Gasteiger partial charge in [0.1, 0.15) is 5.02 Å². The van der Waals surface area contributed by atoms with Crippen LogP contribution in [0.25, 0.3) is 0 Å². The Morgan fingerprint density at radius 1 is 1.60 bits per heavy atom. The monoisotopic (exact) mass is 212 g/mol. The first-order valence-corrected chi connectivity index (χ1v) is 6.18.